The maximum Gasteiger partial charge on any atom is 0.302 e. The minimum atomic E-state index is -0.840. The lowest BCUT2D eigenvalue weighted by Gasteiger charge is -2.43. The molecule has 6 heterocycles. The molecule has 14 bridgehead atoms. The molecule has 15 nitrogen and oxygen atoms in total. The largest absolute Gasteiger partial charge is 0.508 e. The van der Waals surface area contributed by atoms with Crippen LogP contribution in [0.4, 0.5) is 5.69 Å². The zero-order valence-corrected chi connectivity index (χ0v) is 53.8. The molecule has 15 heteroatoms. The number of ketones is 2. The second kappa shape index (κ2) is 24.8. The minimum Gasteiger partial charge on any atom is -0.508 e. The molecule has 11 atom stereocenters. The van der Waals surface area contributed by atoms with E-state index in [0.717, 1.165) is 106 Å². The Morgan fingerprint density at radius 3 is 2.60 bits per heavy atom. The number of Topliss-reactive ketones (excluding diaryl/α,β-unsaturated/α-hetero) is 2. The molecular weight excluding hydrogens is 1170 g/mol. The van der Waals surface area contributed by atoms with Crippen molar-refractivity contribution in [3.63, 3.8) is 0 Å². The van der Waals surface area contributed by atoms with Crippen LogP contribution in [0.15, 0.2) is 133 Å². The zero-order chi connectivity index (χ0) is 64.5. The summed E-state index contributed by atoms with van der Waals surface area (Å²) in [6, 6.07) is 19.3. The average molecular weight is 1260 g/mol. The number of allylic oxidation sites excluding steroid dienone is 6. The highest BCUT2D eigenvalue weighted by Crippen LogP contribution is 2.66. The molecule has 4 aliphatic heterocycles. The highest BCUT2D eigenvalue weighted by atomic mass is 16.5. The van der Waals surface area contributed by atoms with E-state index in [1.54, 1.807) is 25.1 Å². The number of methoxy groups -OCH3 is 1. The number of hydrogen-bond acceptors (Lipinski definition) is 13. The van der Waals surface area contributed by atoms with Crippen LogP contribution in [0, 0.1) is 45.8 Å². The van der Waals surface area contributed by atoms with Crippen molar-refractivity contribution < 1.29 is 54.1 Å². The molecule has 0 saturated heterocycles. The van der Waals surface area contributed by atoms with Gasteiger partial charge in [-0.2, -0.15) is 0 Å². The Morgan fingerprint density at radius 2 is 1.78 bits per heavy atom. The Morgan fingerprint density at radius 1 is 0.914 bits per heavy atom. The van der Waals surface area contributed by atoms with Crippen LogP contribution < -0.4 is 19.7 Å². The van der Waals surface area contributed by atoms with Crippen LogP contribution in [-0.4, -0.2) is 85.5 Å². The van der Waals surface area contributed by atoms with Gasteiger partial charge in [0.15, 0.2) is 11.5 Å². The van der Waals surface area contributed by atoms with Crippen molar-refractivity contribution in [2.75, 3.05) is 31.7 Å². The van der Waals surface area contributed by atoms with E-state index < -0.39 is 35.0 Å². The smallest absolute Gasteiger partial charge is 0.302 e. The van der Waals surface area contributed by atoms with Gasteiger partial charge in [0.25, 0.3) is 0 Å². The summed E-state index contributed by atoms with van der Waals surface area (Å²) in [6.07, 6.45) is 25.9. The molecule has 3 spiro atoms. The molecule has 93 heavy (non-hydrogen) atoms. The molecule has 6 aromatic rings. The SMILES string of the molecule is COc1cc2cc(O)c1Oc1cc(O)cc(c1)CCC(CO)CC1CCC3(CCC4(Cc5c6c(ccc7c6cn5C2CC(=O)CC(OC(C)=O)CCC25Cc6c[nH]cc6C(C#CCC2=CC=CC5C)C(c2cccc(O)c2)C2=CCNC(=C2)N7CCC(C)=O)C4O)C3)C1. The molecule has 2 saturated carbocycles. The monoisotopic (exact) mass is 1250 g/mol. The van der Waals surface area contributed by atoms with Gasteiger partial charge in [0.05, 0.1) is 30.9 Å². The summed E-state index contributed by atoms with van der Waals surface area (Å²) in [6.45, 7) is 6.02. The lowest BCUT2D eigenvalue weighted by Crippen LogP contribution is -2.37. The maximum absolute atomic E-state index is 15.8. The van der Waals surface area contributed by atoms with E-state index in [9.17, 15) is 35.1 Å². The number of carbonyl (C=O) groups excluding carboxylic acids is 3. The Labute approximate surface area is 544 Å². The molecule has 4 aromatic carbocycles. The van der Waals surface area contributed by atoms with Crippen LogP contribution in [0.3, 0.4) is 0 Å². The van der Waals surface area contributed by atoms with Gasteiger partial charge in [0.1, 0.15) is 40.7 Å². The lowest BCUT2D eigenvalue weighted by atomic mass is 9.61. The van der Waals surface area contributed by atoms with Crippen LogP contribution in [0.2, 0.25) is 0 Å². The van der Waals surface area contributed by atoms with E-state index in [2.05, 4.69) is 106 Å². The number of aromatic hydroxyl groups is 3. The first kappa shape index (κ1) is 62.0. The first-order chi connectivity index (χ1) is 44.9. The van der Waals surface area contributed by atoms with Gasteiger partial charge in [0, 0.05) is 110 Å². The number of anilines is 1. The summed E-state index contributed by atoms with van der Waals surface area (Å²) in [4.78, 5) is 48.3. The van der Waals surface area contributed by atoms with Crippen molar-refractivity contribution in [2.45, 2.75) is 160 Å². The number of nitrogens with zero attached hydrogens (tertiary/aromatic N) is 2. The Balaban J connectivity index is 1.00. The number of H-pyrrole nitrogens is 1. The van der Waals surface area contributed by atoms with Gasteiger partial charge in [0.2, 0.25) is 5.75 Å². The summed E-state index contributed by atoms with van der Waals surface area (Å²) in [5, 5.41) is 64.7. The average Bonchev–Trinajstić information content (AvgIpc) is 1.57. The number of aromatic amines is 1. The fourth-order valence-corrected chi connectivity index (χ4v) is 18.4. The first-order valence-corrected chi connectivity index (χ1v) is 33.7. The minimum absolute atomic E-state index is 0.00380. The molecule has 2 aromatic heterocycles. The van der Waals surface area contributed by atoms with Gasteiger partial charge in [-0.25, -0.2) is 0 Å². The number of carbonyl (C=O) groups is 3. The number of hydrogen-bond donors (Lipinski definition) is 7. The number of fused-ring (bicyclic) bond motifs is 6. The Hall–Kier alpha value is -8.45. The highest BCUT2D eigenvalue weighted by molar-refractivity contribution is 6.00. The van der Waals surface area contributed by atoms with E-state index >= 15 is 4.79 Å². The quantitative estimate of drug-likeness (QED) is 0.0586. The number of phenolic OH excluding ortho intramolecular Hbond substituents is 3. The number of aryl methyl sites for hydroxylation is 1. The highest BCUT2D eigenvalue weighted by Gasteiger charge is 2.57. The van der Waals surface area contributed by atoms with E-state index in [1.807, 2.05) is 24.3 Å². The van der Waals surface area contributed by atoms with E-state index in [1.165, 1.54) is 25.7 Å². The topological polar surface area (TPSA) is 216 Å². The number of ether oxygens (including phenoxy) is 3. The molecule has 2 fully saturated rings. The predicted octanol–water partition coefficient (Wildman–Crippen LogP) is 13.8. The lowest BCUT2D eigenvalue weighted by molar-refractivity contribution is -0.148. The van der Waals surface area contributed by atoms with E-state index in [0.29, 0.717) is 69.5 Å². The van der Waals surface area contributed by atoms with Crippen LogP contribution in [0.25, 0.3) is 10.8 Å². The summed E-state index contributed by atoms with van der Waals surface area (Å²) >= 11 is 0. The van der Waals surface area contributed by atoms with Crippen molar-refractivity contribution in [1.82, 2.24) is 14.9 Å². The number of aliphatic hydroxyl groups is 2. The summed E-state index contributed by atoms with van der Waals surface area (Å²) in [7, 11) is 1.50. The number of benzene rings is 4. The van der Waals surface area contributed by atoms with Crippen LogP contribution in [0.5, 0.6) is 34.5 Å². The van der Waals surface area contributed by atoms with Crippen molar-refractivity contribution in [3.8, 4) is 46.3 Å². The van der Waals surface area contributed by atoms with Gasteiger partial charge in [-0.3, -0.25) is 14.4 Å². The summed E-state index contributed by atoms with van der Waals surface area (Å²) in [5.41, 5.74) is 7.97. The molecule has 484 valence electrons. The number of nitrogens with one attached hydrogen (secondary N) is 2. The Kier molecular flexibility index (Phi) is 16.5. The first-order valence-electron chi connectivity index (χ1n) is 33.7. The number of dihydropyridines is 1. The van der Waals surface area contributed by atoms with E-state index in [-0.39, 0.29) is 101 Å². The standard InChI is InChI=1S/C78H86N4O11/c1-46-8-5-10-56-11-7-13-62-64-42-79-41-55(64)39-78(46,56)23-19-60(92-48(3)85)35-59(88)37-67-54-32-69(89)74(70(33-54)91-4)93-61-30-49(29-58(87)36-61)14-15-51(44-83)28-50-18-22-76(38-50)24-25-77(45-76)40-68-73-63(75(77)90)16-17-66(65(73)43-82(67)68)81(27-21-47(2)84)71-34-53(20-26-80-71)72(62)52-9-6-12-57(86)31-52/h5-6,8-10,12,16-17,20,29-34,36,41-43,46,50-51,60,62,67,72,75,79-80,83,86-87,89-90H,11,14-15,18-19,21-28,35,37-40,44-45H2,1-4H3. The van der Waals surface area contributed by atoms with Crippen molar-refractivity contribution in [1.29, 1.82) is 0 Å². The molecule has 11 unspecified atom stereocenters. The molecule has 9 aliphatic rings. The van der Waals surface area contributed by atoms with Gasteiger partial charge in [-0.1, -0.05) is 66.8 Å². The van der Waals surface area contributed by atoms with Crippen LogP contribution >= 0.6 is 0 Å². The third-order valence-corrected chi connectivity index (χ3v) is 22.8. The second-order valence-corrected chi connectivity index (χ2v) is 28.6. The molecule has 0 amide bonds. The Bertz CT molecular complexity index is 4160. The third-order valence-electron chi connectivity index (χ3n) is 22.8. The van der Waals surface area contributed by atoms with Crippen molar-refractivity contribution in [3.05, 3.63) is 172 Å². The molecule has 15 rings (SSSR count). The predicted molar refractivity (Wildman–Crippen MR) is 356 cm³/mol. The van der Waals surface area contributed by atoms with Gasteiger partial charge >= 0.3 is 5.97 Å². The number of aliphatic hydroxyl groups excluding tert-OH is 2. The van der Waals surface area contributed by atoms with Crippen LogP contribution in [0.1, 0.15) is 174 Å². The number of rotatable bonds is 7. The second-order valence-electron chi connectivity index (χ2n) is 28.6. The number of esters is 1. The van der Waals surface area contributed by atoms with E-state index in [4.69, 9.17) is 14.2 Å². The van der Waals surface area contributed by atoms with Crippen molar-refractivity contribution >= 4 is 34.0 Å². The zero-order valence-electron chi connectivity index (χ0n) is 53.8. The fourth-order valence-electron chi connectivity index (χ4n) is 18.4. The third kappa shape index (κ3) is 11.6. The number of aromatic nitrogens is 2. The van der Waals surface area contributed by atoms with Gasteiger partial charge < -0.3 is 59.5 Å². The fraction of sp³-hybridized carbons (Fsp3) is 0.449. The summed E-state index contributed by atoms with van der Waals surface area (Å²) < 4.78 is 21.2. The number of phenols is 3. The van der Waals surface area contributed by atoms with Crippen LogP contribution in [-0.2, 0) is 38.4 Å². The van der Waals surface area contributed by atoms with Gasteiger partial charge in [-0.15, -0.1) is 0 Å². The van der Waals surface area contributed by atoms with Gasteiger partial charge in [-0.05, 0) is 201 Å². The molecule has 5 aliphatic carbocycles. The maximum atomic E-state index is 15.8. The summed E-state index contributed by atoms with van der Waals surface area (Å²) in [5.74, 6) is 7.71. The molecular formula is C78H86N4O11. The molecule has 7 N–H and O–H groups in total. The molecule has 0 radical (unpaired) electrons. The normalized spacial score (nSPS) is 29.0. The van der Waals surface area contributed by atoms with Crippen molar-refractivity contribution in [2.24, 2.45) is 34.0 Å².